The average Bonchev–Trinajstić information content (AvgIpc) is 3.20. The summed E-state index contributed by atoms with van der Waals surface area (Å²) in [4.78, 5) is 14.1. The number of nitrogens with zero attached hydrogens (tertiary/aromatic N) is 3. The maximum atomic E-state index is 12.6. The molecule has 1 aromatic heterocycles. The smallest absolute Gasteiger partial charge is 0.246 e. The third kappa shape index (κ3) is 4.98. The third-order valence-electron chi connectivity index (χ3n) is 4.64. The predicted octanol–water partition coefficient (Wildman–Crippen LogP) is 2.75. The van der Waals surface area contributed by atoms with Gasteiger partial charge in [-0.25, -0.2) is 18.2 Å². The Balaban J connectivity index is 1.71. The van der Waals surface area contributed by atoms with Crippen LogP contribution in [0.4, 0.5) is 0 Å². The Bertz CT molecular complexity index is 1140. The van der Waals surface area contributed by atoms with Crippen LogP contribution < -0.4 is 5.14 Å². The van der Waals surface area contributed by atoms with Gasteiger partial charge in [0.25, 0.3) is 0 Å². The van der Waals surface area contributed by atoms with Crippen LogP contribution in [0.5, 0.6) is 0 Å². The summed E-state index contributed by atoms with van der Waals surface area (Å²) in [5, 5.41) is 9.49. The van der Waals surface area contributed by atoms with Crippen molar-refractivity contribution >= 4 is 22.0 Å². The summed E-state index contributed by atoms with van der Waals surface area (Å²) < 4.78 is 24.8. The summed E-state index contributed by atoms with van der Waals surface area (Å²) in [5.74, 6) is -0.217. The molecule has 8 heteroatoms. The highest BCUT2D eigenvalue weighted by Gasteiger charge is 2.17. The largest absolute Gasteiger partial charge is 0.335 e. The molecule has 3 rings (SSSR count). The van der Waals surface area contributed by atoms with E-state index in [1.165, 1.54) is 23.1 Å². The maximum Gasteiger partial charge on any atom is 0.246 e. The summed E-state index contributed by atoms with van der Waals surface area (Å²) in [6.07, 6.45) is 6.67. The fourth-order valence-corrected chi connectivity index (χ4v) is 3.36. The van der Waals surface area contributed by atoms with Crippen molar-refractivity contribution in [2.24, 2.45) is 5.14 Å². The molecule has 0 fully saturated rings. The highest BCUT2D eigenvalue weighted by atomic mass is 32.2. The molecule has 1 heterocycles. The first-order valence-electron chi connectivity index (χ1n) is 8.93. The second kappa shape index (κ2) is 8.42. The van der Waals surface area contributed by atoms with Crippen molar-refractivity contribution in [1.29, 1.82) is 0 Å². The van der Waals surface area contributed by atoms with Gasteiger partial charge in [-0.1, -0.05) is 30.3 Å². The van der Waals surface area contributed by atoms with Gasteiger partial charge in [0.2, 0.25) is 15.9 Å². The van der Waals surface area contributed by atoms with Gasteiger partial charge in [-0.3, -0.25) is 4.79 Å². The minimum absolute atomic E-state index is 0.0200. The van der Waals surface area contributed by atoms with Crippen LogP contribution in [0, 0.1) is 0 Å². The highest BCUT2D eigenvalue weighted by molar-refractivity contribution is 7.89. The summed E-state index contributed by atoms with van der Waals surface area (Å²) in [7, 11) is -2.14. The number of nitrogens with two attached hydrogens (primary N) is 1. The van der Waals surface area contributed by atoms with Gasteiger partial charge in [-0.2, -0.15) is 5.10 Å². The lowest BCUT2D eigenvalue weighted by Gasteiger charge is -2.24. The van der Waals surface area contributed by atoms with Gasteiger partial charge in [-0.15, -0.1) is 0 Å². The summed E-state index contributed by atoms with van der Waals surface area (Å²) >= 11 is 0. The van der Waals surface area contributed by atoms with Crippen molar-refractivity contribution in [2.75, 3.05) is 7.05 Å². The zero-order valence-electron chi connectivity index (χ0n) is 16.1. The van der Waals surface area contributed by atoms with Crippen LogP contribution in [-0.2, 0) is 14.8 Å². The first-order valence-corrected chi connectivity index (χ1v) is 10.5. The topological polar surface area (TPSA) is 98.3 Å². The number of sulfonamides is 1. The quantitative estimate of drug-likeness (QED) is 0.632. The molecule has 1 atom stereocenters. The second-order valence-electron chi connectivity index (χ2n) is 6.63. The van der Waals surface area contributed by atoms with Crippen LogP contribution in [-0.4, -0.2) is 36.1 Å². The van der Waals surface area contributed by atoms with E-state index in [-0.39, 0.29) is 16.8 Å². The summed E-state index contributed by atoms with van der Waals surface area (Å²) in [5.41, 5.74) is 2.40. The first kappa shape index (κ1) is 20.5. The highest BCUT2D eigenvalue weighted by Crippen LogP contribution is 2.22. The lowest BCUT2D eigenvalue weighted by atomic mass is 10.1. The fourth-order valence-electron chi connectivity index (χ4n) is 2.80. The van der Waals surface area contributed by atoms with Crippen molar-refractivity contribution < 1.29 is 13.2 Å². The van der Waals surface area contributed by atoms with Crippen molar-refractivity contribution in [3.63, 3.8) is 0 Å². The molecule has 0 aliphatic heterocycles. The zero-order chi connectivity index (χ0) is 21.0. The van der Waals surface area contributed by atoms with E-state index in [1.807, 2.05) is 43.5 Å². The Morgan fingerprint density at radius 3 is 2.59 bits per heavy atom. The number of benzene rings is 2. The number of hydrogen-bond donors (Lipinski definition) is 1. The number of aromatic nitrogens is 2. The van der Waals surface area contributed by atoms with Crippen LogP contribution >= 0.6 is 0 Å². The molecule has 0 saturated heterocycles. The molecule has 0 aliphatic carbocycles. The van der Waals surface area contributed by atoms with Gasteiger partial charge in [0.1, 0.15) is 0 Å². The molecule has 150 valence electrons. The van der Waals surface area contributed by atoms with Crippen LogP contribution in [0.1, 0.15) is 24.1 Å². The fraction of sp³-hybridized carbons (Fsp3) is 0.143. The van der Waals surface area contributed by atoms with Gasteiger partial charge < -0.3 is 4.90 Å². The zero-order valence-corrected chi connectivity index (χ0v) is 17.0. The number of carbonyl (C=O) groups is 1. The minimum Gasteiger partial charge on any atom is -0.335 e. The number of amides is 1. The van der Waals surface area contributed by atoms with Gasteiger partial charge in [0.15, 0.2) is 0 Å². The Labute approximate surface area is 170 Å². The predicted molar refractivity (Wildman–Crippen MR) is 112 cm³/mol. The second-order valence-corrected chi connectivity index (χ2v) is 8.19. The van der Waals surface area contributed by atoms with E-state index in [2.05, 4.69) is 5.10 Å². The molecule has 1 unspecified atom stereocenters. The Morgan fingerprint density at radius 1 is 1.17 bits per heavy atom. The Hall–Kier alpha value is -3.23. The van der Waals surface area contributed by atoms with Crippen molar-refractivity contribution in [1.82, 2.24) is 14.7 Å². The lowest BCUT2D eigenvalue weighted by Crippen LogP contribution is -2.28. The van der Waals surface area contributed by atoms with Crippen molar-refractivity contribution in [2.45, 2.75) is 17.9 Å². The molecular weight excluding hydrogens is 388 g/mol. The maximum absolute atomic E-state index is 12.6. The van der Waals surface area contributed by atoms with Crippen LogP contribution in [0.2, 0.25) is 0 Å². The van der Waals surface area contributed by atoms with E-state index < -0.39 is 10.0 Å². The number of carbonyl (C=O) groups excluding carboxylic acids is 1. The van der Waals surface area contributed by atoms with Crippen LogP contribution in [0.15, 0.2) is 78.0 Å². The normalized spacial score (nSPS) is 12.8. The van der Waals surface area contributed by atoms with Gasteiger partial charge in [0.05, 0.1) is 22.8 Å². The molecule has 0 radical (unpaired) electrons. The number of primary sulfonamides is 1. The molecule has 3 aromatic rings. The van der Waals surface area contributed by atoms with E-state index in [1.54, 1.807) is 36.1 Å². The van der Waals surface area contributed by atoms with E-state index in [0.29, 0.717) is 5.56 Å². The van der Waals surface area contributed by atoms with E-state index in [9.17, 15) is 13.2 Å². The first-order chi connectivity index (χ1) is 13.8. The molecular formula is C21H22N4O3S. The number of likely N-dealkylation sites (N-methyl/N-ethyl adjacent to an activating group) is 1. The molecule has 1 amide bonds. The molecule has 0 bridgehead atoms. The molecule has 2 aromatic carbocycles. The van der Waals surface area contributed by atoms with Crippen molar-refractivity contribution in [3.05, 3.63) is 84.2 Å². The molecule has 29 heavy (non-hydrogen) atoms. The molecule has 0 saturated carbocycles. The van der Waals surface area contributed by atoms with E-state index in [4.69, 9.17) is 5.14 Å². The van der Waals surface area contributed by atoms with E-state index in [0.717, 1.165) is 11.3 Å². The number of para-hydroxylation sites is 1. The van der Waals surface area contributed by atoms with E-state index >= 15 is 0 Å². The molecule has 0 spiro atoms. The monoisotopic (exact) mass is 410 g/mol. The number of hydrogen-bond acceptors (Lipinski definition) is 4. The Morgan fingerprint density at radius 2 is 1.90 bits per heavy atom. The lowest BCUT2D eigenvalue weighted by molar-refractivity contribution is -0.126. The van der Waals surface area contributed by atoms with Crippen molar-refractivity contribution in [3.8, 4) is 5.69 Å². The molecule has 0 aliphatic rings. The summed E-state index contributed by atoms with van der Waals surface area (Å²) in [6.45, 7) is 1.82. The average molecular weight is 410 g/mol. The Kier molecular flexibility index (Phi) is 5.95. The van der Waals surface area contributed by atoms with Crippen LogP contribution in [0.25, 0.3) is 11.8 Å². The summed E-state index contributed by atoms with van der Waals surface area (Å²) in [6, 6.07) is 15.6. The number of rotatable bonds is 6. The molecule has 2 N–H and O–H groups in total. The molecule has 7 nitrogen and oxygen atoms in total. The standard InChI is InChI=1S/C21H22N4O3S/c1-16(18-7-6-10-20(13-18)29(22,27)28)24(2)21(26)12-11-17-14-23-25(15-17)19-8-4-3-5-9-19/h3-16H,1-2H3,(H2,22,27,28)/b12-11+. The van der Waals surface area contributed by atoms with Crippen LogP contribution in [0.3, 0.4) is 0 Å². The SMILES string of the molecule is CC(c1cccc(S(N)(=O)=O)c1)N(C)C(=O)/C=C/c1cnn(-c2ccccc2)c1. The van der Waals surface area contributed by atoms with Gasteiger partial charge in [-0.05, 0) is 42.8 Å². The third-order valence-corrected chi connectivity index (χ3v) is 5.55. The van der Waals surface area contributed by atoms with Gasteiger partial charge >= 0.3 is 0 Å². The van der Waals surface area contributed by atoms with Gasteiger partial charge in [0, 0.05) is 24.9 Å². The minimum atomic E-state index is -3.80.